The highest BCUT2D eigenvalue weighted by molar-refractivity contribution is 7.13. The van der Waals surface area contributed by atoms with Gasteiger partial charge < -0.3 is 10.1 Å². The average molecular weight is 421 g/mol. The summed E-state index contributed by atoms with van der Waals surface area (Å²) in [6.07, 6.45) is 3.85. The lowest BCUT2D eigenvalue weighted by Gasteiger charge is -2.12. The van der Waals surface area contributed by atoms with Gasteiger partial charge in [0.25, 0.3) is 5.56 Å². The van der Waals surface area contributed by atoms with E-state index in [0.717, 1.165) is 17.1 Å². The second-order valence-corrected chi connectivity index (χ2v) is 7.27. The Labute approximate surface area is 176 Å². The highest BCUT2D eigenvalue weighted by Crippen LogP contribution is 2.27. The molecule has 0 fully saturated rings. The van der Waals surface area contributed by atoms with Crippen molar-refractivity contribution in [3.8, 4) is 17.0 Å². The molecule has 0 aliphatic heterocycles. The monoisotopic (exact) mass is 421 g/mol. The molecule has 4 rings (SSSR count). The number of carbonyl (C=O) groups excluding carboxylic acids is 1. The third-order valence-corrected chi connectivity index (χ3v) is 5.41. The van der Waals surface area contributed by atoms with Crippen molar-refractivity contribution in [3.63, 3.8) is 0 Å². The van der Waals surface area contributed by atoms with Crippen molar-refractivity contribution in [3.05, 3.63) is 65.0 Å². The van der Waals surface area contributed by atoms with E-state index >= 15 is 0 Å². The number of fused-ring (bicyclic) bond motifs is 1. The predicted molar refractivity (Wildman–Crippen MR) is 116 cm³/mol. The van der Waals surface area contributed by atoms with E-state index in [0.29, 0.717) is 39.6 Å². The van der Waals surface area contributed by atoms with Gasteiger partial charge in [-0.1, -0.05) is 13.0 Å². The van der Waals surface area contributed by atoms with E-state index in [1.807, 2.05) is 19.1 Å². The van der Waals surface area contributed by atoms with Crippen molar-refractivity contribution >= 4 is 33.3 Å². The molecule has 1 aromatic carbocycles. The number of hydrogen-bond donors (Lipinski definition) is 1. The van der Waals surface area contributed by atoms with E-state index < -0.39 is 0 Å². The van der Waals surface area contributed by atoms with Crippen molar-refractivity contribution in [2.45, 2.75) is 19.9 Å². The van der Waals surface area contributed by atoms with Crippen molar-refractivity contribution < 1.29 is 9.53 Å². The normalized spacial score (nSPS) is 10.9. The smallest absolute Gasteiger partial charge is 0.273 e. The topological polar surface area (TPSA) is 99.0 Å². The number of methoxy groups -OCH3 is 1. The minimum absolute atomic E-state index is 0.134. The molecule has 1 amide bonds. The highest BCUT2D eigenvalue weighted by Gasteiger charge is 2.19. The molecule has 1 N–H and O–H groups in total. The van der Waals surface area contributed by atoms with Crippen LogP contribution in [0.3, 0.4) is 0 Å². The van der Waals surface area contributed by atoms with Gasteiger partial charge in [0.1, 0.15) is 34.0 Å². The molecule has 0 bridgehead atoms. The largest absolute Gasteiger partial charge is 0.497 e. The Morgan fingerprint density at radius 1 is 1.23 bits per heavy atom. The summed E-state index contributed by atoms with van der Waals surface area (Å²) in [4.78, 5) is 34.4. The molecular weight excluding hydrogens is 402 g/mol. The van der Waals surface area contributed by atoms with Crippen LogP contribution in [-0.4, -0.2) is 31.9 Å². The summed E-state index contributed by atoms with van der Waals surface area (Å²) in [5.41, 5.74) is 2.38. The van der Waals surface area contributed by atoms with Gasteiger partial charge >= 0.3 is 0 Å². The molecule has 0 saturated heterocycles. The van der Waals surface area contributed by atoms with Crippen LogP contribution in [0.1, 0.15) is 12.7 Å². The quantitative estimate of drug-likeness (QED) is 0.514. The zero-order valence-corrected chi connectivity index (χ0v) is 17.3. The molecule has 8 nitrogen and oxygen atoms in total. The van der Waals surface area contributed by atoms with Gasteiger partial charge in [-0.3, -0.25) is 19.1 Å². The molecule has 30 heavy (non-hydrogen) atoms. The van der Waals surface area contributed by atoms with Crippen LogP contribution in [0.15, 0.2) is 53.6 Å². The fourth-order valence-corrected chi connectivity index (χ4v) is 3.93. The number of carbonyl (C=O) groups is 1. The Bertz CT molecular complexity index is 1270. The number of aryl methyl sites for hydroxylation is 1. The van der Waals surface area contributed by atoms with Gasteiger partial charge in [-0.2, -0.15) is 4.37 Å². The van der Waals surface area contributed by atoms with Crippen LogP contribution in [0, 0.1) is 0 Å². The fraction of sp³-hybridized carbons (Fsp3) is 0.190. The van der Waals surface area contributed by atoms with Crippen LogP contribution in [0.4, 0.5) is 5.69 Å². The standard InChI is InChI=1S/C21H19N5O3S/c1-3-16-24-19-18(13-7-9-22-10-8-13)25-30-20(19)21(28)26(16)12-17(27)23-14-5-4-6-15(11-14)29-2/h4-11H,3,12H2,1-2H3,(H,23,27). The first-order chi connectivity index (χ1) is 14.6. The number of aromatic nitrogens is 4. The Morgan fingerprint density at radius 2 is 2.03 bits per heavy atom. The van der Waals surface area contributed by atoms with Crippen LogP contribution in [-0.2, 0) is 17.8 Å². The molecule has 152 valence electrons. The minimum atomic E-state index is -0.319. The lowest BCUT2D eigenvalue weighted by atomic mass is 10.2. The maximum absolute atomic E-state index is 13.1. The maximum atomic E-state index is 13.1. The van der Waals surface area contributed by atoms with E-state index in [2.05, 4.69) is 19.7 Å². The molecule has 0 unspecified atom stereocenters. The summed E-state index contributed by atoms with van der Waals surface area (Å²) in [5.74, 6) is 0.847. The number of pyridine rings is 1. The van der Waals surface area contributed by atoms with Gasteiger partial charge in [0.2, 0.25) is 5.91 Å². The summed E-state index contributed by atoms with van der Waals surface area (Å²) in [5, 5.41) is 2.80. The third kappa shape index (κ3) is 3.79. The highest BCUT2D eigenvalue weighted by atomic mass is 32.1. The number of nitrogens with zero attached hydrogens (tertiary/aromatic N) is 4. The predicted octanol–water partition coefficient (Wildman–Crippen LogP) is 3.12. The van der Waals surface area contributed by atoms with Crippen molar-refractivity contribution in [1.29, 1.82) is 0 Å². The number of hydrogen-bond acceptors (Lipinski definition) is 7. The van der Waals surface area contributed by atoms with Gasteiger partial charge in [0, 0.05) is 36.1 Å². The molecule has 0 aliphatic rings. The van der Waals surface area contributed by atoms with Crippen molar-refractivity contribution in [2.75, 3.05) is 12.4 Å². The summed E-state index contributed by atoms with van der Waals surface area (Å²) < 4.78 is 11.4. The fourth-order valence-electron chi connectivity index (χ4n) is 3.14. The van der Waals surface area contributed by atoms with Gasteiger partial charge in [-0.05, 0) is 35.8 Å². The zero-order valence-electron chi connectivity index (χ0n) is 16.5. The number of nitrogens with one attached hydrogen (secondary N) is 1. The van der Waals surface area contributed by atoms with E-state index in [-0.39, 0.29) is 18.0 Å². The lowest BCUT2D eigenvalue weighted by Crippen LogP contribution is -2.30. The Balaban J connectivity index is 1.68. The molecule has 3 aromatic heterocycles. The first kappa shape index (κ1) is 19.7. The molecular formula is C21H19N5O3S. The SMILES string of the molecule is CCc1nc2c(-c3ccncc3)nsc2c(=O)n1CC(=O)Nc1cccc(OC)c1. The lowest BCUT2D eigenvalue weighted by molar-refractivity contribution is -0.116. The molecule has 4 aromatic rings. The van der Waals surface area contributed by atoms with Crippen LogP contribution in [0.5, 0.6) is 5.75 Å². The van der Waals surface area contributed by atoms with Crippen LogP contribution in [0.25, 0.3) is 21.5 Å². The van der Waals surface area contributed by atoms with Gasteiger partial charge in [-0.25, -0.2) is 4.98 Å². The van der Waals surface area contributed by atoms with E-state index in [1.54, 1.807) is 43.8 Å². The average Bonchev–Trinajstić information content (AvgIpc) is 3.20. The Morgan fingerprint density at radius 3 is 2.77 bits per heavy atom. The number of benzene rings is 1. The molecule has 9 heteroatoms. The summed E-state index contributed by atoms with van der Waals surface area (Å²) in [7, 11) is 1.56. The summed E-state index contributed by atoms with van der Waals surface area (Å²) >= 11 is 1.09. The van der Waals surface area contributed by atoms with Crippen LogP contribution >= 0.6 is 11.5 Å². The maximum Gasteiger partial charge on any atom is 0.273 e. The van der Waals surface area contributed by atoms with E-state index in [1.165, 1.54) is 4.57 Å². The third-order valence-electron chi connectivity index (χ3n) is 4.58. The Kier molecular flexibility index (Phi) is 5.53. The van der Waals surface area contributed by atoms with Crippen molar-refractivity contribution in [1.82, 2.24) is 18.9 Å². The number of ether oxygens (including phenoxy) is 1. The number of anilines is 1. The summed E-state index contributed by atoms with van der Waals surface area (Å²) in [6.45, 7) is 1.76. The van der Waals surface area contributed by atoms with E-state index in [9.17, 15) is 9.59 Å². The zero-order chi connectivity index (χ0) is 21.1. The number of rotatable bonds is 6. The van der Waals surface area contributed by atoms with Crippen LogP contribution in [0.2, 0.25) is 0 Å². The van der Waals surface area contributed by atoms with Crippen LogP contribution < -0.4 is 15.6 Å². The minimum Gasteiger partial charge on any atom is -0.497 e. The van der Waals surface area contributed by atoms with Gasteiger partial charge in [-0.15, -0.1) is 0 Å². The molecule has 3 heterocycles. The first-order valence-electron chi connectivity index (χ1n) is 9.34. The second-order valence-electron chi connectivity index (χ2n) is 6.50. The van der Waals surface area contributed by atoms with E-state index in [4.69, 9.17) is 4.74 Å². The second kappa shape index (κ2) is 8.42. The van der Waals surface area contributed by atoms with Gasteiger partial charge in [0.05, 0.1) is 7.11 Å². The summed E-state index contributed by atoms with van der Waals surface area (Å²) in [6, 6.07) is 10.7. The molecule has 0 spiro atoms. The molecule has 0 aliphatic carbocycles. The Hall–Kier alpha value is -3.59. The van der Waals surface area contributed by atoms with Crippen molar-refractivity contribution in [2.24, 2.45) is 0 Å². The first-order valence-corrected chi connectivity index (χ1v) is 10.1. The molecule has 0 radical (unpaired) electrons. The number of amides is 1. The molecule has 0 atom stereocenters. The molecule has 0 saturated carbocycles. The van der Waals surface area contributed by atoms with Gasteiger partial charge in [0.15, 0.2) is 0 Å².